The Morgan fingerprint density at radius 2 is 1.78 bits per heavy atom. The molecule has 0 bridgehead atoms. The summed E-state index contributed by atoms with van der Waals surface area (Å²) in [6.07, 6.45) is 0.572. The second kappa shape index (κ2) is 7.35. The highest BCUT2D eigenvalue weighted by molar-refractivity contribution is 7.89. The summed E-state index contributed by atoms with van der Waals surface area (Å²) in [6.45, 7) is 5.32. The van der Waals surface area contributed by atoms with Gasteiger partial charge in [0.2, 0.25) is 10.0 Å². The van der Waals surface area contributed by atoms with Crippen LogP contribution >= 0.6 is 11.6 Å². The predicted molar refractivity (Wildman–Crippen MR) is 103 cm³/mol. The van der Waals surface area contributed by atoms with E-state index in [1.807, 2.05) is 6.92 Å². The van der Waals surface area contributed by atoms with Crippen LogP contribution in [0.5, 0.6) is 0 Å². The zero-order valence-corrected chi connectivity index (χ0v) is 16.6. The molecule has 0 unspecified atom stereocenters. The summed E-state index contributed by atoms with van der Waals surface area (Å²) in [7, 11) is -3.60. The molecule has 1 fully saturated rings. The van der Waals surface area contributed by atoms with E-state index in [9.17, 15) is 8.42 Å². The van der Waals surface area contributed by atoms with Crippen LogP contribution < -0.4 is 4.90 Å². The normalized spacial score (nSPS) is 18.4. The van der Waals surface area contributed by atoms with E-state index in [0.717, 1.165) is 30.2 Å². The highest BCUT2D eigenvalue weighted by Crippen LogP contribution is 2.30. The van der Waals surface area contributed by atoms with Crippen molar-refractivity contribution in [3.8, 4) is 0 Å². The molecule has 2 aromatic rings. The minimum Gasteiger partial charge on any atom is -0.378 e. The predicted octanol–water partition coefficient (Wildman–Crippen LogP) is 2.02. The van der Waals surface area contributed by atoms with E-state index in [-0.39, 0.29) is 11.4 Å². The van der Waals surface area contributed by atoms with E-state index in [1.54, 1.807) is 24.3 Å². The van der Waals surface area contributed by atoms with Crippen molar-refractivity contribution in [2.24, 2.45) is 0 Å². The fraction of sp³-hybridized carbons (Fsp3) is 0.444. The van der Waals surface area contributed by atoms with E-state index in [1.165, 1.54) is 4.31 Å². The number of ether oxygens (including phenoxy) is 1. The third-order valence-electron chi connectivity index (χ3n) is 4.88. The number of anilines is 1. The molecule has 0 spiro atoms. The molecule has 9 heteroatoms. The van der Waals surface area contributed by atoms with Gasteiger partial charge in [0.15, 0.2) is 0 Å². The molecule has 2 aliphatic heterocycles. The van der Waals surface area contributed by atoms with Gasteiger partial charge in [-0.1, -0.05) is 11.6 Å². The second-order valence-corrected chi connectivity index (χ2v) is 9.04. The number of nitrogens with zero attached hydrogens (tertiary/aromatic N) is 4. The first kappa shape index (κ1) is 18.6. The topological polar surface area (TPSA) is 75.6 Å². The van der Waals surface area contributed by atoms with Gasteiger partial charge in [0.05, 0.1) is 23.8 Å². The maximum Gasteiger partial charge on any atom is 0.243 e. The fourth-order valence-electron chi connectivity index (χ4n) is 3.49. The quantitative estimate of drug-likeness (QED) is 0.773. The lowest BCUT2D eigenvalue weighted by Gasteiger charge is -2.34. The number of aromatic nitrogens is 2. The third kappa shape index (κ3) is 3.67. The van der Waals surface area contributed by atoms with Gasteiger partial charge in [-0.2, -0.15) is 4.31 Å². The summed E-state index contributed by atoms with van der Waals surface area (Å²) in [5.74, 6) is 1.54. The van der Waals surface area contributed by atoms with Gasteiger partial charge >= 0.3 is 0 Å². The van der Waals surface area contributed by atoms with Crippen LogP contribution in [-0.2, 0) is 27.7 Å². The van der Waals surface area contributed by atoms with Gasteiger partial charge in [-0.25, -0.2) is 18.4 Å². The van der Waals surface area contributed by atoms with E-state index in [2.05, 4.69) is 14.9 Å². The van der Waals surface area contributed by atoms with E-state index >= 15 is 0 Å². The van der Waals surface area contributed by atoms with Crippen molar-refractivity contribution in [2.75, 3.05) is 37.7 Å². The zero-order chi connectivity index (χ0) is 19.0. The molecule has 7 nitrogen and oxygen atoms in total. The van der Waals surface area contributed by atoms with Gasteiger partial charge in [-0.15, -0.1) is 0 Å². The lowest BCUT2D eigenvalue weighted by Crippen LogP contribution is -2.41. The van der Waals surface area contributed by atoms with E-state index in [0.29, 0.717) is 37.0 Å². The molecular weight excluding hydrogens is 388 g/mol. The highest BCUT2D eigenvalue weighted by Gasteiger charge is 2.32. The molecule has 144 valence electrons. The van der Waals surface area contributed by atoms with Crippen LogP contribution in [0.15, 0.2) is 29.2 Å². The first-order valence-electron chi connectivity index (χ1n) is 8.90. The molecule has 1 saturated heterocycles. The number of halogens is 1. The minimum atomic E-state index is -3.60. The van der Waals surface area contributed by atoms with Crippen LogP contribution in [0.4, 0.5) is 5.82 Å². The number of aryl methyl sites for hydroxylation is 1. The van der Waals surface area contributed by atoms with Crippen molar-refractivity contribution < 1.29 is 13.2 Å². The Morgan fingerprint density at radius 1 is 1.07 bits per heavy atom. The van der Waals surface area contributed by atoms with Crippen molar-refractivity contribution in [1.29, 1.82) is 0 Å². The average Bonchev–Trinajstić information content (AvgIpc) is 2.68. The van der Waals surface area contributed by atoms with Crippen molar-refractivity contribution in [1.82, 2.24) is 14.3 Å². The molecule has 0 aliphatic carbocycles. The van der Waals surface area contributed by atoms with Crippen LogP contribution in [0, 0.1) is 6.92 Å². The van der Waals surface area contributed by atoms with Gasteiger partial charge in [-0.05, 0) is 31.2 Å². The van der Waals surface area contributed by atoms with Gasteiger partial charge in [0.25, 0.3) is 0 Å². The SMILES string of the molecule is Cc1nc2c(c(N3CCOCC3)n1)CN(S(=O)(=O)c1ccc(Cl)cc1)CC2. The number of morpholine rings is 1. The molecule has 0 amide bonds. The summed E-state index contributed by atoms with van der Waals surface area (Å²) >= 11 is 5.90. The highest BCUT2D eigenvalue weighted by atomic mass is 35.5. The van der Waals surface area contributed by atoms with Gasteiger partial charge in [0.1, 0.15) is 11.6 Å². The summed E-state index contributed by atoms with van der Waals surface area (Å²) in [5.41, 5.74) is 1.83. The molecule has 0 atom stereocenters. The standard InChI is InChI=1S/C18H21ClN4O3S/c1-13-20-17-6-7-23(27(24,25)15-4-2-14(19)3-5-15)12-16(17)18(21-13)22-8-10-26-11-9-22/h2-5H,6-12H2,1H3. The molecule has 0 radical (unpaired) electrons. The average molecular weight is 409 g/mol. The largest absolute Gasteiger partial charge is 0.378 e. The minimum absolute atomic E-state index is 0.247. The molecule has 27 heavy (non-hydrogen) atoms. The van der Waals surface area contributed by atoms with Gasteiger partial charge < -0.3 is 9.64 Å². The monoisotopic (exact) mass is 408 g/mol. The Balaban J connectivity index is 1.68. The van der Waals surface area contributed by atoms with Crippen molar-refractivity contribution in [3.05, 3.63) is 46.4 Å². The smallest absolute Gasteiger partial charge is 0.243 e. The van der Waals surface area contributed by atoms with Crippen molar-refractivity contribution in [3.63, 3.8) is 0 Å². The Labute approximate surface area is 164 Å². The second-order valence-electron chi connectivity index (χ2n) is 6.66. The maximum absolute atomic E-state index is 13.1. The number of hydrogen-bond acceptors (Lipinski definition) is 6. The van der Waals surface area contributed by atoms with Crippen LogP contribution in [0.25, 0.3) is 0 Å². The van der Waals surface area contributed by atoms with Crippen LogP contribution in [0.2, 0.25) is 5.02 Å². The first-order chi connectivity index (χ1) is 12.9. The summed E-state index contributed by atoms with van der Waals surface area (Å²) < 4.78 is 33.1. The molecule has 1 aromatic carbocycles. The summed E-state index contributed by atoms with van der Waals surface area (Å²) in [6, 6.07) is 6.28. The first-order valence-corrected chi connectivity index (χ1v) is 10.7. The van der Waals surface area contributed by atoms with Crippen LogP contribution in [-0.4, -0.2) is 55.5 Å². The number of sulfonamides is 1. The molecule has 3 heterocycles. The fourth-order valence-corrected chi connectivity index (χ4v) is 5.02. The molecule has 4 rings (SSSR count). The molecule has 0 saturated carbocycles. The molecule has 0 N–H and O–H groups in total. The van der Waals surface area contributed by atoms with Crippen molar-refractivity contribution >= 4 is 27.4 Å². The van der Waals surface area contributed by atoms with Gasteiger partial charge in [0, 0.05) is 43.2 Å². The number of fused-ring (bicyclic) bond motifs is 1. The lowest BCUT2D eigenvalue weighted by molar-refractivity contribution is 0.122. The molecule has 2 aliphatic rings. The van der Waals surface area contributed by atoms with E-state index < -0.39 is 10.0 Å². The Bertz CT molecular complexity index is 944. The Hall–Kier alpha value is -1.74. The third-order valence-corrected chi connectivity index (χ3v) is 6.99. The summed E-state index contributed by atoms with van der Waals surface area (Å²) in [4.78, 5) is 11.6. The van der Waals surface area contributed by atoms with Crippen LogP contribution in [0.3, 0.4) is 0 Å². The van der Waals surface area contributed by atoms with Crippen LogP contribution in [0.1, 0.15) is 17.1 Å². The Morgan fingerprint density at radius 3 is 2.48 bits per heavy atom. The number of benzene rings is 1. The van der Waals surface area contributed by atoms with Crippen molar-refractivity contribution in [2.45, 2.75) is 24.8 Å². The van der Waals surface area contributed by atoms with Gasteiger partial charge in [-0.3, -0.25) is 0 Å². The zero-order valence-electron chi connectivity index (χ0n) is 15.1. The number of hydrogen-bond donors (Lipinski definition) is 0. The molecule has 1 aromatic heterocycles. The maximum atomic E-state index is 13.1. The summed E-state index contributed by atoms with van der Waals surface area (Å²) in [5, 5.41) is 0.511. The number of rotatable bonds is 3. The van der Waals surface area contributed by atoms with E-state index in [4.69, 9.17) is 16.3 Å². The lowest BCUT2D eigenvalue weighted by atomic mass is 10.1. The molecular formula is C18H21ClN4O3S. The Kier molecular flexibility index (Phi) is 5.07.